The SMILES string of the molecule is C=CC(=O)OOC(C)(C)OC(=O)OC(C)(C)c1ccccc1C(C)C. The molecule has 1 rings (SSSR count). The van der Waals surface area contributed by atoms with Gasteiger partial charge in [0, 0.05) is 19.9 Å². The maximum absolute atomic E-state index is 12.2. The molecule has 0 aliphatic rings. The molecule has 0 fully saturated rings. The molecule has 0 aliphatic carbocycles. The van der Waals surface area contributed by atoms with Gasteiger partial charge in [0.05, 0.1) is 0 Å². The Bertz CT molecular complexity index is 631. The molecule has 0 aromatic heterocycles. The van der Waals surface area contributed by atoms with E-state index >= 15 is 0 Å². The van der Waals surface area contributed by atoms with E-state index in [1.807, 2.05) is 24.3 Å². The first-order valence-electron chi connectivity index (χ1n) is 8.02. The molecule has 0 aliphatic heterocycles. The number of ether oxygens (including phenoxy) is 2. The van der Waals surface area contributed by atoms with Gasteiger partial charge in [0.15, 0.2) is 0 Å². The smallest absolute Gasteiger partial charge is 0.423 e. The highest BCUT2D eigenvalue weighted by atomic mass is 17.2. The minimum absolute atomic E-state index is 0.271. The molecule has 138 valence electrons. The van der Waals surface area contributed by atoms with Crippen LogP contribution < -0.4 is 0 Å². The number of hydrogen-bond donors (Lipinski definition) is 0. The summed E-state index contributed by atoms with van der Waals surface area (Å²) in [6.07, 6.45) is -0.0106. The van der Waals surface area contributed by atoms with Gasteiger partial charge in [-0.2, -0.15) is 0 Å². The fourth-order valence-electron chi connectivity index (χ4n) is 2.23. The van der Waals surface area contributed by atoms with E-state index in [0.29, 0.717) is 0 Å². The molecule has 6 nitrogen and oxygen atoms in total. The molecule has 1 aromatic rings. The Morgan fingerprint density at radius 2 is 1.68 bits per heavy atom. The van der Waals surface area contributed by atoms with Crippen molar-refractivity contribution in [1.29, 1.82) is 0 Å². The van der Waals surface area contributed by atoms with Crippen molar-refractivity contribution in [2.75, 3.05) is 0 Å². The summed E-state index contributed by atoms with van der Waals surface area (Å²) in [5, 5.41) is 0. The predicted molar refractivity (Wildman–Crippen MR) is 92.6 cm³/mol. The van der Waals surface area contributed by atoms with Crippen molar-refractivity contribution < 1.29 is 28.8 Å². The molecule has 0 heterocycles. The average molecular weight is 350 g/mol. The lowest BCUT2D eigenvalue weighted by atomic mass is 9.88. The third-order valence-electron chi connectivity index (χ3n) is 3.39. The van der Waals surface area contributed by atoms with E-state index in [4.69, 9.17) is 14.4 Å². The number of benzene rings is 1. The van der Waals surface area contributed by atoms with Crippen molar-refractivity contribution in [2.45, 2.75) is 58.8 Å². The lowest BCUT2D eigenvalue weighted by Crippen LogP contribution is -2.36. The molecular formula is C19H26O6. The van der Waals surface area contributed by atoms with Crippen LogP contribution in [0.1, 0.15) is 58.6 Å². The van der Waals surface area contributed by atoms with Crippen LogP contribution in [0.15, 0.2) is 36.9 Å². The van der Waals surface area contributed by atoms with Crippen molar-refractivity contribution in [3.63, 3.8) is 0 Å². The first-order chi connectivity index (χ1) is 11.5. The quantitative estimate of drug-likeness (QED) is 0.235. The molecule has 0 bridgehead atoms. The molecule has 0 unspecified atom stereocenters. The van der Waals surface area contributed by atoms with Crippen molar-refractivity contribution in [1.82, 2.24) is 0 Å². The second kappa shape index (κ2) is 8.16. The lowest BCUT2D eigenvalue weighted by molar-refractivity contribution is -0.379. The Balaban J connectivity index is 2.81. The lowest BCUT2D eigenvalue weighted by Gasteiger charge is -2.30. The van der Waals surface area contributed by atoms with Crippen LogP contribution in [0.4, 0.5) is 4.79 Å². The van der Waals surface area contributed by atoms with E-state index < -0.39 is 23.5 Å². The van der Waals surface area contributed by atoms with Gasteiger partial charge < -0.3 is 9.47 Å². The van der Waals surface area contributed by atoms with E-state index in [1.54, 1.807) is 13.8 Å². The van der Waals surface area contributed by atoms with Gasteiger partial charge in [-0.25, -0.2) is 9.59 Å². The second-order valence-corrected chi connectivity index (χ2v) is 6.80. The monoisotopic (exact) mass is 350 g/mol. The number of hydrogen-bond acceptors (Lipinski definition) is 6. The minimum Gasteiger partial charge on any atom is -0.423 e. The Morgan fingerprint density at radius 3 is 2.24 bits per heavy atom. The largest absolute Gasteiger partial charge is 0.511 e. The first-order valence-corrected chi connectivity index (χ1v) is 8.02. The zero-order chi connectivity index (χ0) is 19.3. The fraction of sp³-hybridized carbons (Fsp3) is 0.474. The molecule has 0 saturated heterocycles. The molecule has 0 amide bonds. The van der Waals surface area contributed by atoms with E-state index in [1.165, 1.54) is 13.8 Å². The van der Waals surface area contributed by atoms with Crippen LogP contribution in [0.2, 0.25) is 0 Å². The maximum Gasteiger partial charge on any atom is 0.511 e. The normalized spacial score (nSPS) is 11.8. The van der Waals surface area contributed by atoms with Gasteiger partial charge in [-0.1, -0.05) is 44.7 Å². The molecular weight excluding hydrogens is 324 g/mol. The summed E-state index contributed by atoms with van der Waals surface area (Å²) in [4.78, 5) is 32.4. The van der Waals surface area contributed by atoms with Gasteiger partial charge in [-0.3, -0.25) is 4.89 Å². The van der Waals surface area contributed by atoms with Crippen molar-refractivity contribution in [3.8, 4) is 0 Å². The zero-order valence-electron chi connectivity index (χ0n) is 15.6. The Labute approximate surface area is 148 Å². The van der Waals surface area contributed by atoms with Crippen LogP contribution in [-0.2, 0) is 29.6 Å². The minimum atomic E-state index is -1.51. The van der Waals surface area contributed by atoms with Crippen LogP contribution in [0.25, 0.3) is 0 Å². The molecule has 0 radical (unpaired) electrons. The van der Waals surface area contributed by atoms with Crippen LogP contribution in [-0.4, -0.2) is 17.9 Å². The number of carbonyl (C=O) groups excluding carboxylic acids is 2. The number of rotatable bonds is 7. The summed E-state index contributed by atoms with van der Waals surface area (Å²) in [5.74, 6) is -2.03. The molecule has 0 atom stereocenters. The fourth-order valence-corrected chi connectivity index (χ4v) is 2.23. The maximum atomic E-state index is 12.2. The van der Waals surface area contributed by atoms with E-state index in [-0.39, 0.29) is 5.92 Å². The second-order valence-electron chi connectivity index (χ2n) is 6.80. The summed E-state index contributed by atoms with van der Waals surface area (Å²) in [6.45, 7) is 13.8. The van der Waals surface area contributed by atoms with E-state index in [9.17, 15) is 9.59 Å². The van der Waals surface area contributed by atoms with Gasteiger partial charge >= 0.3 is 12.1 Å². The number of carbonyl (C=O) groups is 2. The third-order valence-corrected chi connectivity index (χ3v) is 3.39. The van der Waals surface area contributed by atoms with Crippen LogP contribution in [0.3, 0.4) is 0 Å². The summed E-state index contributed by atoms with van der Waals surface area (Å²) < 4.78 is 10.6. The standard InChI is InChI=1S/C19H26O6/c1-8-16(20)24-25-19(6,7)23-17(21)22-18(4,5)15-12-10-9-11-14(15)13(2)3/h8-13H,1H2,2-7H3. The highest BCUT2D eigenvalue weighted by molar-refractivity contribution is 5.80. The third kappa shape index (κ3) is 6.23. The Morgan fingerprint density at radius 1 is 1.08 bits per heavy atom. The van der Waals surface area contributed by atoms with Crippen molar-refractivity contribution in [2.24, 2.45) is 0 Å². The average Bonchev–Trinajstić information content (AvgIpc) is 2.51. The molecule has 0 spiro atoms. The van der Waals surface area contributed by atoms with Crippen LogP contribution >= 0.6 is 0 Å². The predicted octanol–water partition coefficient (Wildman–Crippen LogP) is 4.60. The highest BCUT2D eigenvalue weighted by Crippen LogP contribution is 2.32. The molecule has 6 heteroatoms. The van der Waals surface area contributed by atoms with Crippen LogP contribution in [0.5, 0.6) is 0 Å². The molecule has 25 heavy (non-hydrogen) atoms. The van der Waals surface area contributed by atoms with Gasteiger partial charge in [-0.15, -0.1) is 4.89 Å². The summed E-state index contributed by atoms with van der Waals surface area (Å²) in [6, 6.07) is 7.74. The molecule has 0 saturated carbocycles. The Hall–Kier alpha value is -2.34. The van der Waals surface area contributed by atoms with Gasteiger partial charge in [-0.05, 0) is 30.9 Å². The van der Waals surface area contributed by atoms with Gasteiger partial charge in [0.25, 0.3) is 5.79 Å². The topological polar surface area (TPSA) is 71.1 Å². The van der Waals surface area contributed by atoms with E-state index in [2.05, 4.69) is 25.3 Å². The summed E-state index contributed by atoms with van der Waals surface area (Å²) in [7, 11) is 0. The van der Waals surface area contributed by atoms with Crippen molar-refractivity contribution in [3.05, 3.63) is 48.0 Å². The zero-order valence-corrected chi connectivity index (χ0v) is 15.6. The van der Waals surface area contributed by atoms with Gasteiger partial charge in [0.1, 0.15) is 5.60 Å². The van der Waals surface area contributed by atoms with Gasteiger partial charge in [0.2, 0.25) is 0 Å². The summed E-state index contributed by atoms with van der Waals surface area (Å²) >= 11 is 0. The van der Waals surface area contributed by atoms with Crippen LogP contribution in [0, 0.1) is 0 Å². The highest BCUT2D eigenvalue weighted by Gasteiger charge is 2.33. The van der Waals surface area contributed by atoms with Crippen molar-refractivity contribution >= 4 is 12.1 Å². The van der Waals surface area contributed by atoms with E-state index in [0.717, 1.165) is 17.2 Å². The summed E-state index contributed by atoms with van der Waals surface area (Å²) in [5.41, 5.74) is 1.06. The molecule has 1 aromatic carbocycles. The Kier molecular flexibility index (Phi) is 6.76. The molecule has 0 N–H and O–H groups in total. The first kappa shape index (κ1) is 20.7.